The second-order valence-electron chi connectivity index (χ2n) is 4.59. The Bertz CT molecular complexity index is 748. The molecule has 114 valence electrons. The van der Waals surface area contributed by atoms with Crippen LogP contribution in [-0.2, 0) is 4.79 Å². The van der Waals surface area contributed by atoms with Crippen LogP contribution in [0.15, 0.2) is 24.3 Å². The number of nitrogens with zero attached hydrogens (tertiary/aromatic N) is 2. The lowest BCUT2D eigenvalue weighted by molar-refractivity contribution is -0.385. The minimum absolute atomic E-state index is 0.141. The molecule has 2 aromatic rings. The van der Waals surface area contributed by atoms with Gasteiger partial charge in [-0.3, -0.25) is 20.0 Å². The highest BCUT2D eigenvalue weighted by molar-refractivity contribution is 6.02. The summed E-state index contributed by atoms with van der Waals surface area (Å²) >= 11 is 0. The van der Waals surface area contributed by atoms with E-state index in [2.05, 4.69) is 15.5 Å². The third kappa shape index (κ3) is 3.35. The Labute approximate surface area is 125 Å². The number of aryl methyl sites for hydroxylation is 2. The Morgan fingerprint density at radius 2 is 2.18 bits per heavy atom. The van der Waals surface area contributed by atoms with E-state index in [4.69, 9.17) is 0 Å². The zero-order chi connectivity index (χ0) is 16.3. The highest BCUT2D eigenvalue weighted by atomic mass is 19.1. The summed E-state index contributed by atoms with van der Waals surface area (Å²) in [6.45, 7) is 3.48. The van der Waals surface area contributed by atoms with Crippen LogP contribution in [0.5, 0.6) is 0 Å². The molecule has 0 saturated carbocycles. The topological polar surface area (TPSA) is 101 Å². The van der Waals surface area contributed by atoms with E-state index in [1.54, 1.807) is 13.8 Å². The van der Waals surface area contributed by atoms with Gasteiger partial charge < -0.3 is 5.32 Å². The average Bonchev–Trinajstić information content (AvgIpc) is 2.77. The molecule has 0 radical (unpaired) electrons. The van der Waals surface area contributed by atoms with Crippen LogP contribution in [0.1, 0.15) is 17.0 Å². The van der Waals surface area contributed by atoms with Crippen LogP contribution in [0, 0.1) is 29.8 Å². The fraction of sp³-hybridized carbons (Fsp3) is 0.143. The smallest absolute Gasteiger partial charge is 0.279 e. The summed E-state index contributed by atoms with van der Waals surface area (Å²) in [5.41, 5.74) is 1.63. The van der Waals surface area contributed by atoms with Gasteiger partial charge in [0.15, 0.2) is 0 Å². The van der Waals surface area contributed by atoms with Gasteiger partial charge in [-0.2, -0.15) is 5.10 Å². The lowest BCUT2D eigenvalue weighted by atomic mass is 10.1. The number of nitro groups is 1. The fourth-order valence-corrected chi connectivity index (χ4v) is 1.88. The number of amides is 1. The maximum atomic E-state index is 13.0. The lowest BCUT2D eigenvalue weighted by Crippen LogP contribution is -2.09. The summed E-state index contributed by atoms with van der Waals surface area (Å²) in [6, 6.07) is 3.14. The highest BCUT2D eigenvalue weighted by Gasteiger charge is 2.13. The van der Waals surface area contributed by atoms with Crippen LogP contribution in [0.3, 0.4) is 0 Å². The van der Waals surface area contributed by atoms with Gasteiger partial charge in [0.05, 0.1) is 33.6 Å². The quantitative estimate of drug-likeness (QED) is 0.515. The Hall–Kier alpha value is -3.03. The number of halogens is 1. The van der Waals surface area contributed by atoms with Crippen molar-refractivity contribution in [3.05, 3.63) is 57.2 Å². The third-order valence-corrected chi connectivity index (χ3v) is 2.98. The second-order valence-corrected chi connectivity index (χ2v) is 4.59. The van der Waals surface area contributed by atoms with Gasteiger partial charge in [-0.1, -0.05) is 0 Å². The first-order chi connectivity index (χ1) is 10.4. The molecule has 0 aliphatic carbocycles. The number of hydrogen-bond donors (Lipinski definition) is 2. The molecule has 0 spiro atoms. The maximum Gasteiger partial charge on any atom is 0.279 e. The van der Waals surface area contributed by atoms with Crippen molar-refractivity contribution in [2.45, 2.75) is 13.8 Å². The van der Waals surface area contributed by atoms with Crippen molar-refractivity contribution in [1.29, 1.82) is 0 Å². The van der Waals surface area contributed by atoms with E-state index >= 15 is 0 Å². The molecule has 0 aliphatic rings. The first kappa shape index (κ1) is 15.4. The van der Waals surface area contributed by atoms with Gasteiger partial charge in [0.25, 0.3) is 5.69 Å². The Morgan fingerprint density at radius 1 is 1.45 bits per heavy atom. The summed E-state index contributed by atoms with van der Waals surface area (Å²) < 4.78 is 13.0. The number of carbonyl (C=O) groups is 1. The van der Waals surface area contributed by atoms with Gasteiger partial charge in [0, 0.05) is 6.08 Å². The van der Waals surface area contributed by atoms with E-state index < -0.39 is 22.3 Å². The van der Waals surface area contributed by atoms with Crippen molar-refractivity contribution in [3.8, 4) is 0 Å². The summed E-state index contributed by atoms with van der Waals surface area (Å²) in [6.07, 6.45) is 2.41. The molecule has 22 heavy (non-hydrogen) atoms. The fourth-order valence-electron chi connectivity index (χ4n) is 1.88. The molecule has 0 aliphatic heterocycles. The molecule has 0 unspecified atom stereocenters. The van der Waals surface area contributed by atoms with Gasteiger partial charge in [-0.05, 0) is 32.1 Å². The molecule has 0 fully saturated rings. The minimum atomic E-state index is -0.710. The van der Waals surface area contributed by atoms with E-state index in [1.165, 1.54) is 12.1 Å². The standard InChI is InChI=1S/C14H13FN4O3/c1-8-14(9(2)18-17-8)16-13(20)6-4-10-3-5-11(15)7-12(10)19(21)22/h3-7H,1-2H3,(H,16,20)(H,17,18)/b6-4+. The largest absolute Gasteiger partial charge is 0.319 e. The Morgan fingerprint density at radius 3 is 2.77 bits per heavy atom. The van der Waals surface area contributed by atoms with E-state index in [9.17, 15) is 19.3 Å². The van der Waals surface area contributed by atoms with Crippen molar-refractivity contribution in [2.24, 2.45) is 0 Å². The van der Waals surface area contributed by atoms with Crippen LogP contribution in [0.2, 0.25) is 0 Å². The molecule has 8 heteroatoms. The number of anilines is 1. The molecule has 1 amide bonds. The van der Waals surface area contributed by atoms with E-state index in [1.807, 2.05) is 0 Å². The van der Waals surface area contributed by atoms with Crippen LogP contribution >= 0.6 is 0 Å². The van der Waals surface area contributed by atoms with Gasteiger partial charge in [0.2, 0.25) is 5.91 Å². The third-order valence-electron chi connectivity index (χ3n) is 2.98. The van der Waals surface area contributed by atoms with Crippen molar-refractivity contribution < 1.29 is 14.1 Å². The second kappa shape index (κ2) is 6.17. The van der Waals surface area contributed by atoms with Gasteiger partial charge >= 0.3 is 0 Å². The first-order valence-electron chi connectivity index (χ1n) is 6.33. The molecule has 2 rings (SSSR count). The maximum absolute atomic E-state index is 13.0. The first-order valence-corrected chi connectivity index (χ1v) is 6.33. The molecule has 1 heterocycles. The average molecular weight is 304 g/mol. The van der Waals surface area contributed by atoms with Crippen LogP contribution in [-0.4, -0.2) is 21.0 Å². The number of benzene rings is 1. The predicted octanol–water partition coefficient (Wildman–Crippen LogP) is 2.73. The van der Waals surface area contributed by atoms with Gasteiger partial charge in [-0.15, -0.1) is 0 Å². The SMILES string of the molecule is Cc1n[nH]c(C)c1NC(=O)/C=C/c1ccc(F)cc1[N+](=O)[O-]. The number of hydrogen-bond acceptors (Lipinski definition) is 4. The number of rotatable bonds is 4. The van der Waals surface area contributed by atoms with Crippen molar-refractivity contribution in [1.82, 2.24) is 10.2 Å². The van der Waals surface area contributed by atoms with Crippen LogP contribution in [0.4, 0.5) is 15.8 Å². The summed E-state index contributed by atoms with van der Waals surface area (Å²) in [7, 11) is 0. The van der Waals surface area contributed by atoms with Crippen LogP contribution < -0.4 is 5.32 Å². The van der Waals surface area contributed by atoms with Gasteiger partial charge in [0.1, 0.15) is 5.82 Å². The van der Waals surface area contributed by atoms with Crippen molar-refractivity contribution in [3.63, 3.8) is 0 Å². The summed E-state index contributed by atoms with van der Waals surface area (Å²) in [5, 5.41) is 20.1. The van der Waals surface area contributed by atoms with E-state index in [0.29, 0.717) is 17.1 Å². The lowest BCUT2D eigenvalue weighted by Gasteiger charge is -2.01. The van der Waals surface area contributed by atoms with Crippen molar-refractivity contribution in [2.75, 3.05) is 5.32 Å². The molecule has 2 N–H and O–H groups in total. The summed E-state index contributed by atoms with van der Waals surface area (Å²) in [5.74, 6) is -1.18. The van der Waals surface area contributed by atoms with Gasteiger partial charge in [-0.25, -0.2) is 4.39 Å². The normalized spacial score (nSPS) is 10.9. The molecule has 0 bridgehead atoms. The number of aromatic nitrogens is 2. The zero-order valence-corrected chi connectivity index (χ0v) is 11.9. The number of nitro benzene ring substituents is 1. The highest BCUT2D eigenvalue weighted by Crippen LogP contribution is 2.21. The number of carbonyl (C=O) groups excluding carboxylic acids is 1. The molecule has 0 atom stereocenters. The monoisotopic (exact) mass is 304 g/mol. The zero-order valence-electron chi connectivity index (χ0n) is 11.9. The van der Waals surface area contributed by atoms with Crippen molar-refractivity contribution >= 4 is 23.4 Å². The Kier molecular flexibility index (Phi) is 4.31. The molecule has 0 saturated heterocycles. The van der Waals surface area contributed by atoms with E-state index in [-0.39, 0.29) is 5.56 Å². The molecular weight excluding hydrogens is 291 g/mol. The summed E-state index contributed by atoms with van der Waals surface area (Å²) in [4.78, 5) is 22.0. The number of H-pyrrole nitrogens is 1. The molecular formula is C14H13FN4O3. The molecule has 1 aromatic heterocycles. The number of aromatic amines is 1. The Balaban J connectivity index is 2.18. The van der Waals surface area contributed by atoms with E-state index in [0.717, 1.165) is 18.2 Å². The molecule has 7 nitrogen and oxygen atoms in total. The predicted molar refractivity (Wildman–Crippen MR) is 78.8 cm³/mol. The van der Waals surface area contributed by atoms with Crippen LogP contribution in [0.25, 0.3) is 6.08 Å². The number of nitrogens with one attached hydrogen (secondary N) is 2. The molecule has 1 aromatic carbocycles. The minimum Gasteiger partial charge on any atom is -0.319 e.